The summed E-state index contributed by atoms with van der Waals surface area (Å²) in [7, 11) is 4.55. The molecule has 1 atom stereocenters. The average Bonchev–Trinajstić information content (AvgIpc) is 3.25. The van der Waals surface area contributed by atoms with Crippen LogP contribution in [-0.2, 0) is 0 Å². The second kappa shape index (κ2) is 8.99. The molecule has 0 radical (unpaired) electrons. The number of hydrogen-bond donors (Lipinski definition) is 1. The molecule has 5 nitrogen and oxygen atoms in total. The average molecular weight is 418 g/mol. The monoisotopic (exact) mass is 417 g/mol. The molecular formula is C21H20ClNO4S. The Balaban J connectivity index is 1.95. The van der Waals surface area contributed by atoms with Crippen molar-refractivity contribution in [3.63, 3.8) is 0 Å². The molecule has 146 valence electrons. The number of carbonyl (C=O) groups excluding carboxylic acids is 1. The third kappa shape index (κ3) is 4.24. The van der Waals surface area contributed by atoms with E-state index in [0.29, 0.717) is 27.8 Å². The van der Waals surface area contributed by atoms with Crippen LogP contribution in [0, 0.1) is 0 Å². The maximum absolute atomic E-state index is 13.0. The number of halogens is 1. The van der Waals surface area contributed by atoms with E-state index in [1.54, 1.807) is 23.5 Å². The zero-order chi connectivity index (χ0) is 20.1. The summed E-state index contributed by atoms with van der Waals surface area (Å²) in [5, 5.41) is 7.71. The summed E-state index contributed by atoms with van der Waals surface area (Å²) in [6, 6.07) is 12.4. The van der Waals surface area contributed by atoms with Crippen molar-refractivity contribution in [3.8, 4) is 17.2 Å². The Kier molecular flexibility index (Phi) is 6.44. The van der Waals surface area contributed by atoms with E-state index in [4.69, 9.17) is 25.8 Å². The maximum atomic E-state index is 13.0. The molecule has 0 saturated carbocycles. The van der Waals surface area contributed by atoms with E-state index < -0.39 is 0 Å². The highest BCUT2D eigenvalue weighted by Gasteiger charge is 2.21. The van der Waals surface area contributed by atoms with Crippen molar-refractivity contribution in [1.29, 1.82) is 0 Å². The van der Waals surface area contributed by atoms with Gasteiger partial charge in [-0.05, 0) is 52.2 Å². The van der Waals surface area contributed by atoms with Gasteiger partial charge in [-0.25, -0.2) is 0 Å². The summed E-state index contributed by atoms with van der Waals surface area (Å²) >= 11 is 7.59. The topological polar surface area (TPSA) is 56.8 Å². The van der Waals surface area contributed by atoms with Crippen molar-refractivity contribution >= 4 is 28.8 Å². The van der Waals surface area contributed by atoms with Gasteiger partial charge in [0.05, 0.1) is 27.4 Å². The maximum Gasteiger partial charge on any atom is 0.252 e. The van der Waals surface area contributed by atoms with Crippen LogP contribution in [0.1, 0.15) is 27.5 Å². The molecule has 1 heterocycles. The number of ether oxygens (including phenoxy) is 3. The standard InChI is InChI=1S/C21H20ClNO4S/c1-25-17-10-15(11-18(26-2)20(17)27-3)21(24)23-19(14-8-9-28-12-14)13-4-6-16(22)7-5-13/h4-12,19H,1-3H3,(H,23,24). The highest BCUT2D eigenvalue weighted by atomic mass is 35.5. The Morgan fingerprint density at radius 2 is 1.61 bits per heavy atom. The normalized spacial score (nSPS) is 11.6. The minimum atomic E-state index is -0.310. The molecule has 1 N–H and O–H groups in total. The van der Waals surface area contributed by atoms with Crippen molar-refractivity contribution < 1.29 is 19.0 Å². The summed E-state index contributed by atoms with van der Waals surface area (Å²) in [6.45, 7) is 0. The fourth-order valence-corrected chi connectivity index (χ4v) is 3.69. The molecule has 1 aromatic heterocycles. The molecule has 1 unspecified atom stereocenters. The lowest BCUT2D eigenvalue weighted by Gasteiger charge is -2.20. The second-order valence-corrected chi connectivity index (χ2v) is 7.15. The van der Waals surface area contributed by atoms with Crippen LogP contribution >= 0.6 is 22.9 Å². The van der Waals surface area contributed by atoms with Gasteiger partial charge in [-0.3, -0.25) is 4.79 Å². The van der Waals surface area contributed by atoms with E-state index in [1.807, 2.05) is 41.1 Å². The number of nitrogens with one attached hydrogen (secondary N) is 1. The van der Waals surface area contributed by atoms with Crippen molar-refractivity contribution in [2.75, 3.05) is 21.3 Å². The number of hydrogen-bond acceptors (Lipinski definition) is 5. The minimum Gasteiger partial charge on any atom is -0.493 e. The highest BCUT2D eigenvalue weighted by Crippen LogP contribution is 2.38. The van der Waals surface area contributed by atoms with Crippen molar-refractivity contribution in [1.82, 2.24) is 5.32 Å². The lowest BCUT2D eigenvalue weighted by molar-refractivity contribution is 0.0942. The van der Waals surface area contributed by atoms with Gasteiger partial charge in [0.25, 0.3) is 5.91 Å². The van der Waals surface area contributed by atoms with Crippen molar-refractivity contribution in [3.05, 3.63) is 74.9 Å². The summed E-state index contributed by atoms with van der Waals surface area (Å²) < 4.78 is 16.0. The van der Waals surface area contributed by atoms with E-state index in [0.717, 1.165) is 11.1 Å². The lowest BCUT2D eigenvalue weighted by Crippen LogP contribution is -2.29. The van der Waals surface area contributed by atoms with Gasteiger partial charge in [0.1, 0.15) is 0 Å². The van der Waals surface area contributed by atoms with Gasteiger partial charge in [-0.15, -0.1) is 0 Å². The molecule has 0 aliphatic carbocycles. The van der Waals surface area contributed by atoms with Gasteiger partial charge in [0.2, 0.25) is 5.75 Å². The molecule has 3 aromatic rings. The smallest absolute Gasteiger partial charge is 0.252 e. The quantitative estimate of drug-likeness (QED) is 0.591. The van der Waals surface area contributed by atoms with Crippen LogP contribution in [0.15, 0.2) is 53.2 Å². The zero-order valence-electron chi connectivity index (χ0n) is 15.7. The fraction of sp³-hybridized carbons (Fsp3) is 0.190. The molecule has 2 aromatic carbocycles. The number of benzene rings is 2. The first-order chi connectivity index (χ1) is 13.6. The molecule has 0 bridgehead atoms. The number of rotatable bonds is 7. The molecule has 0 saturated heterocycles. The Hall–Kier alpha value is -2.70. The molecular weight excluding hydrogens is 398 g/mol. The van der Waals surface area contributed by atoms with Gasteiger partial charge in [-0.1, -0.05) is 23.7 Å². The van der Waals surface area contributed by atoms with Crippen molar-refractivity contribution in [2.45, 2.75) is 6.04 Å². The second-order valence-electron chi connectivity index (χ2n) is 5.93. The summed E-state index contributed by atoms with van der Waals surface area (Å²) in [5.41, 5.74) is 2.33. The third-order valence-electron chi connectivity index (χ3n) is 4.28. The van der Waals surface area contributed by atoms with Gasteiger partial charge in [0.15, 0.2) is 11.5 Å². The van der Waals surface area contributed by atoms with E-state index in [2.05, 4.69) is 5.32 Å². The lowest BCUT2D eigenvalue weighted by atomic mass is 10.0. The summed E-state index contributed by atoms with van der Waals surface area (Å²) in [6.07, 6.45) is 0. The first-order valence-electron chi connectivity index (χ1n) is 8.45. The molecule has 1 amide bonds. The van der Waals surface area contributed by atoms with Gasteiger partial charge >= 0.3 is 0 Å². The first-order valence-corrected chi connectivity index (χ1v) is 9.78. The summed E-state index contributed by atoms with van der Waals surface area (Å²) in [4.78, 5) is 13.0. The van der Waals surface area contributed by atoms with E-state index in [-0.39, 0.29) is 11.9 Å². The van der Waals surface area contributed by atoms with Crippen LogP contribution in [0.25, 0.3) is 0 Å². The fourth-order valence-electron chi connectivity index (χ4n) is 2.88. The first kappa shape index (κ1) is 20.0. The predicted octanol–water partition coefficient (Wildman–Crippen LogP) is 4.95. The van der Waals surface area contributed by atoms with E-state index >= 15 is 0 Å². The Morgan fingerprint density at radius 3 is 2.11 bits per heavy atom. The number of amides is 1. The number of thiophene rings is 1. The molecule has 28 heavy (non-hydrogen) atoms. The predicted molar refractivity (Wildman–Crippen MR) is 111 cm³/mol. The highest BCUT2D eigenvalue weighted by molar-refractivity contribution is 7.08. The molecule has 3 rings (SSSR count). The van der Waals surface area contributed by atoms with Crippen LogP contribution in [0.4, 0.5) is 0 Å². The van der Waals surface area contributed by atoms with Crippen LogP contribution in [0.2, 0.25) is 5.02 Å². The van der Waals surface area contributed by atoms with Gasteiger partial charge in [0, 0.05) is 10.6 Å². The van der Waals surface area contributed by atoms with E-state index in [1.165, 1.54) is 21.3 Å². The van der Waals surface area contributed by atoms with E-state index in [9.17, 15) is 4.79 Å². The zero-order valence-corrected chi connectivity index (χ0v) is 17.3. The van der Waals surface area contributed by atoms with Gasteiger partial charge in [-0.2, -0.15) is 11.3 Å². The number of carbonyl (C=O) groups is 1. The SMILES string of the molecule is COc1cc(C(=O)NC(c2ccc(Cl)cc2)c2ccsc2)cc(OC)c1OC. The molecule has 0 spiro atoms. The van der Waals surface area contributed by atoms with Crippen LogP contribution in [0.3, 0.4) is 0 Å². The summed E-state index contributed by atoms with van der Waals surface area (Å²) in [5.74, 6) is 1.02. The van der Waals surface area contributed by atoms with Crippen LogP contribution in [-0.4, -0.2) is 27.2 Å². The van der Waals surface area contributed by atoms with Crippen LogP contribution in [0.5, 0.6) is 17.2 Å². The molecule has 0 fully saturated rings. The molecule has 0 aliphatic heterocycles. The Bertz CT molecular complexity index is 917. The van der Waals surface area contributed by atoms with Crippen molar-refractivity contribution in [2.24, 2.45) is 0 Å². The number of methoxy groups -OCH3 is 3. The molecule has 7 heteroatoms. The van der Waals surface area contributed by atoms with Crippen LogP contribution < -0.4 is 19.5 Å². The Morgan fingerprint density at radius 1 is 0.964 bits per heavy atom. The minimum absolute atomic E-state index is 0.259. The Labute approximate surface area is 172 Å². The largest absolute Gasteiger partial charge is 0.493 e. The molecule has 0 aliphatic rings. The van der Waals surface area contributed by atoms with Gasteiger partial charge < -0.3 is 19.5 Å². The third-order valence-corrected chi connectivity index (χ3v) is 5.24.